The first-order valence-electron chi connectivity index (χ1n) is 16.7. The van der Waals surface area contributed by atoms with Crippen LogP contribution in [0.3, 0.4) is 0 Å². The van der Waals surface area contributed by atoms with Gasteiger partial charge < -0.3 is 15.2 Å². The van der Waals surface area contributed by atoms with E-state index in [9.17, 15) is 4.79 Å². The zero-order chi connectivity index (χ0) is 38.1. The van der Waals surface area contributed by atoms with Gasteiger partial charge in [-0.15, -0.1) is 23.5 Å². The number of aromatic nitrogens is 6. The summed E-state index contributed by atoms with van der Waals surface area (Å²) >= 11 is 0. The maximum Gasteiger partial charge on any atom is 0.299 e. The fourth-order valence-electron chi connectivity index (χ4n) is 4.60. The molecule has 279 valence electrons. The molecular formula is C41H45N8O3Y3-3. The Labute approximate surface area is 400 Å². The van der Waals surface area contributed by atoms with Gasteiger partial charge in [-0.2, -0.15) is 88.1 Å². The van der Waals surface area contributed by atoms with Gasteiger partial charge in [-0.05, 0) is 17.1 Å². The second kappa shape index (κ2) is 22.2. The van der Waals surface area contributed by atoms with Crippen LogP contribution in [0.25, 0.3) is 17.1 Å². The number of nitrogens with zero attached hydrogens (tertiary/aromatic N) is 7. The van der Waals surface area contributed by atoms with Gasteiger partial charge in [-0.3, -0.25) is 18.8 Å². The van der Waals surface area contributed by atoms with E-state index in [0.29, 0.717) is 24.1 Å². The summed E-state index contributed by atoms with van der Waals surface area (Å²) in [5, 5.41) is 22.2. The first-order valence-corrected chi connectivity index (χ1v) is 16.7. The minimum Gasteiger partial charge on any atom is -0.411 e. The second-order valence-electron chi connectivity index (χ2n) is 14.9. The van der Waals surface area contributed by atoms with Crippen LogP contribution in [0.4, 0.5) is 5.82 Å². The van der Waals surface area contributed by atoms with Gasteiger partial charge in [0, 0.05) is 133 Å². The summed E-state index contributed by atoms with van der Waals surface area (Å²) in [7, 11) is 0. The molecule has 6 aromatic rings. The molecule has 0 unspecified atom stereocenters. The Balaban J connectivity index is 0.000000402. The van der Waals surface area contributed by atoms with Crippen molar-refractivity contribution in [2.24, 2.45) is 0 Å². The summed E-state index contributed by atoms with van der Waals surface area (Å²) in [5.74, 6) is 1.49. The Hall–Kier alpha value is -2.84. The van der Waals surface area contributed by atoms with Crippen molar-refractivity contribution in [1.29, 1.82) is 5.26 Å². The Kier molecular flexibility index (Phi) is 20.2. The number of hydrogen-bond acceptors (Lipinski definition) is 8. The number of carbonyl (C=O) groups is 1. The second-order valence-corrected chi connectivity index (χ2v) is 14.9. The Bertz CT molecular complexity index is 2090. The van der Waals surface area contributed by atoms with Crippen molar-refractivity contribution in [3.05, 3.63) is 126 Å². The van der Waals surface area contributed by atoms with Crippen LogP contribution < -0.4 is 15.2 Å². The quantitative estimate of drug-likeness (QED) is 0.101. The number of benzene rings is 3. The molecule has 0 atom stereocenters. The summed E-state index contributed by atoms with van der Waals surface area (Å²) in [6.07, 6.45) is 1.69. The number of rotatable bonds is 6. The summed E-state index contributed by atoms with van der Waals surface area (Å²) < 4.78 is 14.9. The number of nitriles is 1. The number of carbonyl (C=O) groups excluding carboxylic acids is 1. The van der Waals surface area contributed by atoms with Crippen LogP contribution in [0.1, 0.15) is 79.4 Å². The normalized spacial score (nSPS) is 10.7. The maximum absolute atomic E-state index is 10.5. The predicted molar refractivity (Wildman–Crippen MR) is 201 cm³/mol. The standard InChI is InChI=1S/C14H14N3O.C14H15N2O2.C13H16N3.3Y/c1-14(2,3)12-9-13(18-10-15)17(16-12)11-7-5-4-6-8-11;1-14(2,3)12-9-13(18-10-17)16(15-12)11-7-5-4-6-8-11;1-13(2,3)11-9-12(14)16(15-11)10-7-5-4-6-8-10;;;/h4-5,7-9H,1-3H3;4-5,7-10H,1-3H3;4-5,7-9H,14H2,1-3H3;;;/q3*-1;;;. The molecule has 0 fully saturated rings. The molecule has 14 heteroatoms. The number of hydrogen-bond donors (Lipinski definition) is 1. The Morgan fingerprint density at radius 2 is 1.00 bits per heavy atom. The van der Waals surface area contributed by atoms with E-state index in [4.69, 9.17) is 20.5 Å². The molecule has 0 aliphatic carbocycles. The Morgan fingerprint density at radius 3 is 1.35 bits per heavy atom. The van der Waals surface area contributed by atoms with Gasteiger partial charge >= 0.3 is 0 Å². The molecule has 0 saturated carbocycles. The van der Waals surface area contributed by atoms with Crippen LogP contribution >= 0.6 is 0 Å². The Morgan fingerprint density at radius 1 is 0.636 bits per heavy atom. The molecule has 0 bridgehead atoms. The molecule has 0 aliphatic rings. The van der Waals surface area contributed by atoms with Crippen molar-refractivity contribution >= 4 is 12.3 Å². The fourth-order valence-corrected chi connectivity index (χ4v) is 4.60. The zero-order valence-electron chi connectivity index (χ0n) is 32.9. The third-order valence-corrected chi connectivity index (χ3v) is 7.52. The van der Waals surface area contributed by atoms with Gasteiger partial charge in [0.25, 0.3) is 12.7 Å². The van der Waals surface area contributed by atoms with E-state index in [1.54, 1.807) is 50.6 Å². The van der Waals surface area contributed by atoms with Crippen LogP contribution in [0.2, 0.25) is 0 Å². The molecule has 0 saturated heterocycles. The molecule has 11 nitrogen and oxygen atoms in total. The van der Waals surface area contributed by atoms with E-state index in [-0.39, 0.29) is 114 Å². The number of anilines is 1. The van der Waals surface area contributed by atoms with Crippen LogP contribution in [0.15, 0.2) is 91.0 Å². The van der Waals surface area contributed by atoms with Gasteiger partial charge in [0.05, 0.1) is 17.1 Å². The minimum atomic E-state index is -0.106. The zero-order valence-corrected chi connectivity index (χ0v) is 41.4. The summed E-state index contributed by atoms with van der Waals surface area (Å²) in [4.78, 5) is 10.5. The average molecular weight is 965 g/mol. The van der Waals surface area contributed by atoms with Gasteiger partial charge in [0.1, 0.15) is 5.82 Å². The summed E-state index contributed by atoms with van der Waals surface area (Å²) in [5.41, 5.74) is 11.1. The molecule has 0 spiro atoms. The third kappa shape index (κ3) is 14.2. The van der Waals surface area contributed by atoms with E-state index in [1.807, 2.05) is 60.7 Å². The number of ether oxygens (including phenoxy) is 2. The fraction of sp³-hybridized carbons (Fsp3) is 0.293. The van der Waals surface area contributed by atoms with E-state index in [0.717, 1.165) is 34.1 Å². The summed E-state index contributed by atoms with van der Waals surface area (Å²) in [6.45, 7) is 19.1. The molecule has 3 aromatic heterocycles. The maximum atomic E-state index is 10.5. The van der Waals surface area contributed by atoms with E-state index in [2.05, 4.69) is 95.8 Å². The minimum absolute atomic E-state index is 0. The van der Waals surface area contributed by atoms with Crippen molar-refractivity contribution < 1.29 is 112 Å². The summed E-state index contributed by atoms with van der Waals surface area (Å²) in [6, 6.07) is 36.8. The van der Waals surface area contributed by atoms with E-state index in [1.165, 1.54) is 0 Å². The van der Waals surface area contributed by atoms with Crippen LogP contribution in [-0.2, 0) is 119 Å². The number of nitrogen functional groups attached to an aromatic ring is 1. The van der Waals surface area contributed by atoms with Gasteiger partial charge in [-0.1, -0.05) is 62.3 Å². The van der Waals surface area contributed by atoms with E-state index >= 15 is 0 Å². The molecule has 2 N–H and O–H groups in total. The van der Waals surface area contributed by atoms with Crippen LogP contribution in [0.5, 0.6) is 11.8 Å². The smallest absolute Gasteiger partial charge is 0.299 e. The molecule has 3 aromatic carbocycles. The number of nitrogens with two attached hydrogens (primary N) is 1. The largest absolute Gasteiger partial charge is 0.411 e. The van der Waals surface area contributed by atoms with Gasteiger partial charge in [0.2, 0.25) is 11.8 Å². The molecular weight excluding hydrogens is 919 g/mol. The third-order valence-electron chi connectivity index (χ3n) is 7.52. The van der Waals surface area contributed by atoms with Crippen molar-refractivity contribution in [2.45, 2.75) is 78.6 Å². The van der Waals surface area contributed by atoms with E-state index < -0.39 is 0 Å². The van der Waals surface area contributed by atoms with Crippen molar-refractivity contribution in [3.63, 3.8) is 0 Å². The molecule has 3 radical (unpaired) electrons. The monoisotopic (exact) mass is 964 g/mol. The molecule has 0 aliphatic heterocycles. The van der Waals surface area contributed by atoms with Crippen molar-refractivity contribution in [3.8, 4) is 35.1 Å². The van der Waals surface area contributed by atoms with Gasteiger partial charge in [0.15, 0.2) is 0 Å². The SMILES string of the molecule is CC(C)(C)c1cc(N)n(-c2c[c-]ccc2)n1.CC(C)(C)c1cc(OC#N)n(-c2c[c-]ccc2)n1.CC(C)(C)c1cc(OC=O)n(-c2c[c-]ccc2)n1.[Y].[Y].[Y]. The molecule has 3 heterocycles. The first kappa shape index (κ1) is 50.2. The van der Waals surface area contributed by atoms with Crippen molar-refractivity contribution in [1.82, 2.24) is 29.3 Å². The van der Waals surface area contributed by atoms with Crippen molar-refractivity contribution in [2.75, 3.05) is 5.73 Å². The molecule has 55 heavy (non-hydrogen) atoms. The predicted octanol–water partition coefficient (Wildman–Crippen LogP) is 7.88. The molecule has 6 rings (SSSR count). The topological polar surface area (TPSA) is 139 Å². The van der Waals surface area contributed by atoms with Crippen LogP contribution in [-0.4, -0.2) is 35.8 Å². The van der Waals surface area contributed by atoms with Crippen LogP contribution in [0, 0.1) is 29.7 Å². The average Bonchev–Trinajstić information content (AvgIpc) is 3.84. The first-order chi connectivity index (χ1) is 24.5. The molecule has 0 amide bonds. The van der Waals surface area contributed by atoms with Gasteiger partial charge in [-0.25, -0.2) is 0 Å².